The lowest BCUT2D eigenvalue weighted by atomic mass is 10.1. The third-order valence-corrected chi connectivity index (χ3v) is 6.98. The smallest absolute Gasteiger partial charge is 0.232 e. The van der Waals surface area contributed by atoms with Crippen LogP contribution in [0.2, 0.25) is 0 Å². The number of hydrogen-bond donors (Lipinski definition) is 0. The van der Waals surface area contributed by atoms with Crippen molar-refractivity contribution in [3.63, 3.8) is 0 Å². The zero-order chi connectivity index (χ0) is 23.5. The summed E-state index contributed by atoms with van der Waals surface area (Å²) in [6.07, 6.45) is 1.42. The second kappa shape index (κ2) is 9.99. The van der Waals surface area contributed by atoms with Crippen molar-refractivity contribution < 1.29 is 14.3 Å². The predicted molar refractivity (Wildman–Crippen MR) is 132 cm³/mol. The zero-order valence-electron chi connectivity index (χ0n) is 19.1. The number of amides is 1. The Morgan fingerprint density at radius 2 is 1.82 bits per heavy atom. The molecule has 0 saturated carbocycles. The first-order valence-corrected chi connectivity index (χ1v) is 12.5. The van der Waals surface area contributed by atoms with E-state index in [0.717, 1.165) is 42.4 Å². The van der Waals surface area contributed by atoms with Crippen LogP contribution >= 0.6 is 11.8 Å². The van der Waals surface area contributed by atoms with Crippen LogP contribution in [0, 0.1) is 6.92 Å². The lowest BCUT2D eigenvalue weighted by molar-refractivity contribution is -0.117. The van der Waals surface area contributed by atoms with Crippen molar-refractivity contribution in [1.29, 1.82) is 0 Å². The van der Waals surface area contributed by atoms with E-state index >= 15 is 0 Å². The summed E-state index contributed by atoms with van der Waals surface area (Å²) < 4.78 is 7.52. The normalized spacial score (nSPS) is 16.3. The van der Waals surface area contributed by atoms with E-state index in [9.17, 15) is 9.59 Å². The maximum atomic E-state index is 13.1. The van der Waals surface area contributed by atoms with Gasteiger partial charge >= 0.3 is 0 Å². The Morgan fingerprint density at radius 3 is 2.59 bits per heavy atom. The molecule has 3 heterocycles. The van der Waals surface area contributed by atoms with Crippen molar-refractivity contribution in [2.75, 3.05) is 48.4 Å². The van der Waals surface area contributed by atoms with Crippen LogP contribution < -0.4 is 9.80 Å². The van der Waals surface area contributed by atoms with Gasteiger partial charge in [-0.05, 0) is 43.2 Å². The Bertz CT molecular complexity index is 1200. The van der Waals surface area contributed by atoms with Crippen molar-refractivity contribution in [1.82, 2.24) is 14.8 Å². The first-order valence-electron chi connectivity index (χ1n) is 11.5. The molecule has 0 atom stereocenters. The number of ketones is 1. The number of anilines is 2. The Balaban J connectivity index is 1.38. The molecule has 2 saturated heterocycles. The highest BCUT2D eigenvalue weighted by atomic mass is 32.2. The van der Waals surface area contributed by atoms with E-state index < -0.39 is 0 Å². The van der Waals surface area contributed by atoms with E-state index in [1.54, 1.807) is 11.0 Å². The molecule has 34 heavy (non-hydrogen) atoms. The van der Waals surface area contributed by atoms with Gasteiger partial charge in [-0.3, -0.25) is 14.2 Å². The van der Waals surface area contributed by atoms with E-state index in [1.165, 1.54) is 11.8 Å². The summed E-state index contributed by atoms with van der Waals surface area (Å²) in [4.78, 5) is 29.1. The van der Waals surface area contributed by atoms with Crippen molar-refractivity contribution in [2.45, 2.75) is 24.9 Å². The van der Waals surface area contributed by atoms with Crippen LogP contribution in [0.5, 0.6) is 0 Å². The molecule has 2 aliphatic heterocycles. The minimum absolute atomic E-state index is 0.00906. The second-order valence-corrected chi connectivity index (χ2v) is 9.41. The molecule has 176 valence electrons. The van der Waals surface area contributed by atoms with Crippen molar-refractivity contribution in [3.05, 3.63) is 59.7 Å². The zero-order valence-corrected chi connectivity index (χ0v) is 20.0. The Hall–Kier alpha value is -3.17. The molecule has 2 fully saturated rings. The molecule has 0 unspecified atom stereocenters. The minimum Gasteiger partial charge on any atom is -0.378 e. The minimum atomic E-state index is -0.00906. The molecule has 0 N–H and O–H groups in total. The van der Waals surface area contributed by atoms with Crippen LogP contribution in [0.4, 0.5) is 11.6 Å². The maximum Gasteiger partial charge on any atom is 0.232 e. The van der Waals surface area contributed by atoms with Crippen LogP contribution in [-0.2, 0) is 9.53 Å². The fourth-order valence-corrected chi connectivity index (χ4v) is 5.14. The largest absolute Gasteiger partial charge is 0.378 e. The number of aryl methyl sites for hydroxylation is 1. The Kier molecular flexibility index (Phi) is 6.64. The quantitative estimate of drug-likeness (QED) is 0.380. The van der Waals surface area contributed by atoms with Crippen LogP contribution in [-0.4, -0.2) is 65.1 Å². The van der Waals surface area contributed by atoms with E-state index in [0.29, 0.717) is 36.9 Å². The molecule has 9 heteroatoms. The Labute approximate surface area is 202 Å². The van der Waals surface area contributed by atoms with Gasteiger partial charge in [-0.25, -0.2) is 0 Å². The highest BCUT2D eigenvalue weighted by molar-refractivity contribution is 7.99. The molecule has 0 spiro atoms. The van der Waals surface area contributed by atoms with E-state index in [4.69, 9.17) is 4.74 Å². The summed E-state index contributed by atoms with van der Waals surface area (Å²) in [6, 6.07) is 15.5. The average Bonchev–Trinajstić information content (AvgIpc) is 3.49. The number of carbonyl (C=O) groups is 2. The monoisotopic (exact) mass is 477 g/mol. The second-order valence-electron chi connectivity index (χ2n) is 8.47. The van der Waals surface area contributed by atoms with Gasteiger partial charge in [0.15, 0.2) is 10.9 Å². The Morgan fingerprint density at radius 1 is 1.03 bits per heavy atom. The van der Waals surface area contributed by atoms with Gasteiger partial charge in [-0.1, -0.05) is 36.0 Å². The van der Waals surface area contributed by atoms with Crippen molar-refractivity contribution in [3.8, 4) is 5.69 Å². The van der Waals surface area contributed by atoms with E-state index in [2.05, 4.69) is 34.2 Å². The highest BCUT2D eigenvalue weighted by Gasteiger charge is 2.24. The third kappa shape index (κ3) is 4.71. The standard InChI is InChI=1S/C25H27N5O3S/c1-18-5-2-8-21(15-18)30-24(28-11-13-33-14-12-28)26-27-25(30)34-17-22(31)19-6-3-7-20(16-19)29-10-4-9-23(29)32/h2-3,5-8,15-16H,4,9-14,17H2,1H3. The molecule has 1 amide bonds. The van der Waals surface area contributed by atoms with Gasteiger partial charge in [0.05, 0.1) is 24.7 Å². The van der Waals surface area contributed by atoms with Gasteiger partial charge < -0.3 is 14.5 Å². The van der Waals surface area contributed by atoms with Crippen molar-refractivity contribution >= 4 is 35.1 Å². The number of nitrogens with zero attached hydrogens (tertiary/aromatic N) is 5. The maximum absolute atomic E-state index is 13.1. The molecule has 0 bridgehead atoms. The molecule has 0 radical (unpaired) electrons. The molecule has 5 rings (SSSR count). The van der Waals surface area contributed by atoms with E-state index in [-0.39, 0.29) is 17.4 Å². The lowest BCUT2D eigenvalue weighted by Gasteiger charge is -2.28. The van der Waals surface area contributed by atoms with Crippen LogP contribution in [0.3, 0.4) is 0 Å². The van der Waals surface area contributed by atoms with Crippen molar-refractivity contribution in [2.24, 2.45) is 0 Å². The van der Waals surface area contributed by atoms with Crippen LogP contribution in [0.1, 0.15) is 28.8 Å². The van der Waals surface area contributed by atoms with Gasteiger partial charge in [0.2, 0.25) is 11.9 Å². The third-order valence-electron chi connectivity index (χ3n) is 6.06. The first-order chi connectivity index (χ1) is 16.6. The molecule has 2 aromatic carbocycles. The first kappa shape index (κ1) is 22.6. The molecule has 1 aromatic heterocycles. The molecular weight excluding hydrogens is 450 g/mol. The SMILES string of the molecule is Cc1cccc(-n2c(SCC(=O)c3cccc(N4CCCC4=O)c3)nnc2N2CCOCC2)c1. The predicted octanol–water partition coefficient (Wildman–Crippen LogP) is 3.51. The number of Topliss-reactive ketones (excluding diaryl/α,β-unsaturated/α-hetero) is 1. The molecular formula is C25H27N5O3S. The van der Waals surface area contributed by atoms with Gasteiger partial charge in [-0.2, -0.15) is 0 Å². The average molecular weight is 478 g/mol. The summed E-state index contributed by atoms with van der Waals surface area (Å²) in [5, 5.41) is 9.59. The highest BCUT2D eigenvalue weighted by Crippen LogP contribution is 2.29. The number of hydrogen-bond acceptors (Lipinski definition) is 7. The molecule has 2 aliphatic rings. The number of carbonyl (C=O) groups excluding carboxylic acids is 2. The van der Waals surface area contributed by atoms with Crippen LogP contribution in [0.15, 0.2) is 53.7 Å². The van der Waals surface area contributed by atoms with Gasteiger partial charge in [0, 0.05) is 37.3 Å². The number of morpholine rings is 1. The molecule has 3 aromatic rings. The lowest BCUT2D eigenvalue weighted by Crippen LogP contribution is -2.37. The summed E-state index contributed by atoms with van der Waals surface area (Å²) in [5.74, 6) is 1.09. The summed E-state index contributed by atoms with van der Waals surface area (Å²) >= 11 is 1.38. The van der Waals surface area contributed by atoms with Crippen LogP contribution in [0.25, 0.3) is 5.69 Å². The van der Waals surface area contributed by atoms with Gasteiger partial charge in [0.1, 0.15) is 0 Å². The summed E-state index contributed by atoms with van der Waals surface area (Å²) in [5.41, 5.74) is 3.49. The number of benzene rings is 2. The van der Waals surface area contributed by atoms with Gasteiger partial charge in [0.25, 0.3) is 0 Å². The topological polar surface area (TPSA) is 80.6 Å². The summed E-state index contributed by atoms with van der Waals surface area (Å²) in [6.45, 7) is 5.55. The summed E-state index contributed by atoms with van der Waals surface area (Å²) in [7, 11) is 0. The molecule has 8 nitrogen and oxygen atoms in total. The van der Waals surface area contributed by atoms with E-state index in [1.807, 2.05) is 34.9 Å². The van der Waals surface area contributed by atoms with Gasteiger partial charge in [-0.15, -0.1) is 10.2 Å². The fraction of sp³-hybridized carbons (Fsp3) is 0.360. The number of ether oxygens (including phenoxy) is 1. The number of thioether (sulfide) groups is 1. The number of rotatable bonds is 7. The molecule has 0 aliphatic carbocycles. The number of aromatic nitrogens is 3. The fourth-order valence-electron chi connectivity index (χ4n) is 4.30.